The molecule has 2 heteroatoms. The maximum atomic E-state index is 3.38. The quantitative estimate of drug-likeness (QED) is 0.615. The van der Waals surface area contributed by atoms with Crippen LogP contribution in [0.2, 0.25) is 0 Å². The van der Waals surface area contributed by atoms with Gasteiger partial charge >= 0.3 is 0 Å². The summed E-state index contributed by atoms with van der Waals surface area (Å²) in [4.78, 5) is 2.49. The highest BCUT2D eigenvalue weighted by molar-refractivity contribution is 4.71. The molecular formula is C9H20N2. The van der Waals surface area contributed by atoms with Gasteiger partial charge in [0.05, 0.1) is 0 Å². The Labute approximate surface area is 70.0 Å². The van der Waals surface area contributed by atoms with Crippen molar-refractivity contribution in [2.24, 2.45) is 5.41 Å². The molecule has 1 saturated heterocycles. The Bertz CT molecular complexity index is 109. The fraction of sp³-hybridized carbons (Fsp3) is 1.00. The van der Waals surface area contributed by atoms with Gasteiger partial charge in [0.1, 0.15) is 0 Å². The molecule has 0 aromatic carbocycles. The van der Waals surface area contributed by atoms with Crippen LogP contribution in [0.4, 0.5) is 0 Å². The molecule has 2 nitrogen and oxygen atoms in total. The van der Waals surface area contributed by atoms with Crippen molar-refractivity contribution in [2.75, 3.05) is 26.3 Å². The lowest BCUT2D eigenvalue weighted by atomic mass is 9.96. The molecule has 0 amide bonds. The third-order valence-corrected chi connectivity index (χ3v) is 1.86. The van der Waals surface area contributed by atoms with Gasteiger partial charge in [-0.3, -0.25) is 4.90 Å². The third-order valence-electron chi connectivity index (χ3n) is 1.86. The monoisotopic (exact) mass is 156 g/mol. The first-order valence-electron chi connectivity index (χ1n) is 4.51. The predicted molar refractivity (Wildman–Crippen MR) is 48.5 cm³/mol. The van der Waals surface area contributed by atoms with Gasteiger partial charge in [-0.1, -0.05) is 20.8 Å². The second-order valence-corrected chi connectivity index (χ2v) is 4.62. The van der Waals surface area contributed by atoms with Crippen molar-refractivity contribution in [3.05, 3.63) is 0 Å². The van der Waals surface area contributed by atoms with Crippen LogP contribution in [-0.2, 0) is 0 Å². The Kier molecular flexibility index (Phi) is 2.90. The van der Waals surface area contributed by atoms with Crippen LogP contribution in [-0.4, -0.2) is 31.2 Å². The van der Waals surface area contributed by atoms with Gasteiger partial charge in [-0.2, -0.15) is 0 Å². The molecule has 0 aliphatic carbocycles. The molecule has 0 radical (unpaired) electrons. The summed E-state index contributed by atoms with van der Waals surface area (Å²) in [5, 5.41) is 3.38. The first-order chi connectivity index (χ1) is 5.08. The third kappa shape index (κ3) is 3.73. The van der Waals surface area contributed by atoms with E-state index in [-0.39, 0.29) is 0 Å². The number of rotatable bonds is 1. The summed E-state index contributed by atoms with van der Waals surface area (Å²) in [7, 11) is 0. The summed E-state index contributed by atoms with van der Waals surface area (Å²) in [5.41, 5.74) is 0.443. The van der Waals surface area contributed by atoms with Gasteiger partial charge in [0, 0.05) is 19.8 Å². The predicted octanol–water partition coefficient (Wildman–Crippen LogP) is 1.29. The zero-order valence-electron chi connectivity index (χ0n) is 7.98. The molecule has 66 valence electrons. The molecule has 1 N–H and O–H groups in total. The Morgan fingerprint density at radius 1 is 1.36 bits per heavy atom. The van der Waals surface area contributed by atoms with E-state index in [1.54, 1.807) is 0 Å². The van der Waals surface area contributed by atoms with Gasteiger partial charge in [-0.15, -0.1) is 0 Å². The summed E-state index contributed by atoms with van der Waals surface area (Å²) in [6.45, 7) is 11.6. The molecule has 0 bridgehead atoms. The molecule has 1 heterocycles. The van der Waals surface area contributed by atoms with Crippen molar-refractivity contribution in [3.8, 4) is 0 Å². The largest absolute Gasteiger partial charge is 0.304 e. The first kappa shape index (κ1) is 9.01. The number of hydrogen-bond acceptors (Lipinski definition) is 2. The average molecular weight is 156 g/mol. The summed E-state index contributed by atoms with van der Waals surface area (Å²) in [5.74, 6) is 0. The molecule has 0 saturated carbocycles. The molecular weight excluding hydrogens is 136 g/mol. The smallest absolute Gasteiger partial charge is 0.0480 e. The van der Waals surface area contributed by atoms with E-state index in [1.807, 2.05) is 0 Å². The SMILES string of the molecule is CC(C)(C)CN1CCCNC1. The van der Waals surface area contributed by atoms with Crippen molar-refractivity contribution in [3.63, 3.8) is 0 Å². The van der Waals surface area contributed by atoms with Crippen LogP contribution >= 0.6 is 0 Å². The zero-order valence-corrected chi connectivity index (χ0v) is 7.98. The van der Waals surface area contributed by atoms with E-state index in [0.717, 1.165) is 6.67 Å². The van der Waals surface area contributed by atoms with E-state index in [0.29, 0.717) is 5.41 Å². The Balaban J connectivity index is 2.24. The zero-order chi connectivity index (χ0) is 8.32. The van der Waals surface area contributed by atoms with Gasteiger partial charge in [0.25, 0.3) is 0 Å². The Hall–Kier alpha value is -0.0800. The molecule has 0 spiro atoms. The highest BCUT2D eigenvalue weighted by atomic mass is 15.2. The van der Waals surface area contributed by atoms with E-state index >= 15 is 0 Å². The molecule has 1 aliphatic heterocycles. The van der Waals surface area contributed by atoms with Crippen molar-refractivity contribution in [1.29, 1.82) is 0 Å². The van der Waals surface area contributed by atoms with E-state index in [4.69, 9.17) is 0 Å². The van der Waals surface area contributed by atoms with Crippen molar-refractivity contribution in [1.82, 2.24) is 10.2 Å². The first-order valence-corrected chi connectivity index (χ1v) is 4.51. The van der Waals surface area contributed by atoms with E-state index < -0.39 is 0 Å². The number of hydrogen-bond donors (Lipinski definition) is 1. The van der Waals surface area contributed by atoms with Crippen molar-refractivity contribution < 1.29 is 0 Å². The fourth-order valence-corrected chi connectivity index (χ4v) is 1.55. The molecule has 0 aromatic rings. The molecule has 0 unspecified atom stereocenters. The Morgan fingerprint density at radius 2 is 2.09 bits per heavy atom. The second kappa shape index (κ2) is 3.55. The van der Waals surface area contributed by atoms with Gasteiger partial charge in [0.2, 0.25) is 0 Å². The van der Waals surface area contributed by atoms with E-state index in [9.17, 15) is 0 Å². The molecule has 1 aliphatic rings. The maximum Gasteiger partial charge on any atom is 0.0480 e. The number of nitrogens with one attached hydrogen (secondary N) is 1. The minimum Gasteiger partial charge on any atom is -0.304 e. The van der Waals surface area contributed by atoms with Crippen LogP contribution in [0.3, 0.4) is 0 Å². The molecule has 0 aromatic heterocycles. The summed E-state index contributed by atoms with van der Waals surface area (Å²) in [6.07, 6.45) is 1.30. The van der Waals surface area contributed by atoms with Gasteiger partial charge in [-0.25, -0.2) is 0 Å². The molecule has 1 fully saturated rings. The van der Waals surface area contributed by atoms with Crippen LogP contribution in [0.15, 0.2) is 0 Å². The molecule has 0 atom stereocenters. The lowest BCUT2D eigenvalue weighted by Gasteiger charge is -2.32. The maximum absolute atomic E-state index is 3.38. The summed E-state index contributed by atoms with van der Waals surface area (Å²) < 4.78 is 0. The Morgan fingerprint density at radius 3 is 2.55 bits per heavy atom. The van der Waals surface area contributed by atoms with E-state index in [1.165, 1.54) is 26.1 Å². The second-order valence-electron chi connectivity index (χ2n) is 4.62. The fourth-order valence-electron chi connectivity index (χ4n) is 1.55. The standard InChI is InChI=1S/C9H20N2/c1-9(2,3)7-11-6-4-5-10-8-11/h10H,4-8H2,1-3H3. The average Bonchev–Trinajstić information content (AvgIpc) is 1.85. The molecule has 11 heavy (non-hydrogen) atoms. The number of nitrogens with zero attached hydrogens (tertiary/aromatic N) is 1. The minimum atomic E-state index is 0.443. The van der Waals surface area contributed by atoms with Crippen LogP contribution in [0.1, 0.15) is 27.2 Å². The van der Waals surface area contributed by atoms with Gasteiger partial charge < -0.3 is 5.32 Å². The van der Waals surface area contributed by atoms with E-state index in [2.05, 4.69) is 31.0 Å². The highest BCUT2D eigenvalue weighted by Gasteiger charge is 2.17. The van der Waals surface area contributed by atoms with Crippen LogP contribution < -0.4 is 5.32 Å². The topological polar surface area (TPSA) is 15.3 Å². The van der Waals surface area contributed by atoms with Crippen molar-refractivity contribution >= 4 is 0 Å². The lowest BCUT2D eigenvalue weighted by molar-refractivity contribution is 0.155. The summed E-state index contributed by atoms with van der Waals surface area (Å²) >= 11 is 0. The normalized spacial score (nSPS) is 22.1. The van der Waals surface area contributed by atoms with Gasteiger partial charge in [-0.05, 0) is 18.4 Å². The van der Waals surface area contributed by atoms with Crippen LogP contribution in [0, 0.1) is 5.41 Å². The van der Waals surface area contributed by atoms with Crippen molar-refractivity contribution in [2.45, 2.75) is 27.2 Å². The van der Waals surface area contributed by atoms with Crippen LogP contribution in [0.25, 0.3) is 0 Å². The minimum absolute atomic E-state index is 0.443. The lowest BCUT2D eigenvalue weighted by Crippen LogP contribution is -2.44. The highest BCUT2D eigenvalue weighted by Crippen LogP contribution is 2.15. The van der Waals surface area contributed by atoms with Crippen LogP contribution in [0.5, 0.6) is 0 Å². The summed E-state index contributed by atoms with van der Waals surface area (Å²) in [6, 6.07) is 0. The van der Waals surface area contributed by atoms with Gasteiger partial charge in [0.15, 0.2) is 0 Å². The molecule has 1 rings (SSSR count).